The van der Waals surface area contributed by atoms with E-state index in [1.165, 1.54) is 13.8 Å². The Labute approximate surface area is 223 Å². The first-order valence-corrected chi connectivity index (χ1v) is 13.4. The zero-order chi connectivity index (χ0) is 26.8. The van der Waals surface area contributed by atoms with Crippen LogP contribution in [0.15, 0.2) is 84.0 Å². The van der Waals surface area contributed by atoms with Gasteiger partial charge in [-0.25, -0.2) is 4.79 Å². The summed E-state index contributed by atoms with van der Waals surface area (Å²) in [6.07, 6.45) is 6.33. The Kier molecular flexibility index (Phi) is 7.06. The molecule has 0 unspecified atom stereocenters. The number of carboxylic acids is 1. The molecule has 196 valence electrons. The maximum atomic E-state index is 13.8. The van der Waals surface area contributed by atoms with E-state index in [4.69, 9.17) is 9.84 Å². The number of aliphatic carboxylic acids is 1. The van der Waals surface area contributed by atoms with E-state index in [0.717, 1.165) is 73.0 Å². The standard InChI is InChI=1S/C32H34N2O4/c1-31(2,30(36)37)38-27-18-16-23(17-19-27)10-8-15-28-32(20-6-7-21-32)29(35)34(33-28)26-14-9-13-25(22-26)24-11-4-3-5-12-24/h3-5,9,11-14,16-19,22H,6-8,10,15,20-21H2,1-2H3,(H,36,37). The zero-order valence-electron chi connectivity index (χ0n) is 22.0. The fourth-order valence-corrected chi connectivity index (χ4v) is 5.50. The number of anilines is 1. The molecule has 1 aliphatic carbocycles. The molecular formula is C32H34N2O4. The van der Waals surface area contributed by atoms with Gasteiger partial charge < -0.3 is 9.84 Å². The lowest BCUT2D eigenvalue weighted by molar-refractivity contribution is -0.152. The van der Waals surface area contributed by atoms with E-state index >= 15 is 0 Å². The minimum Gasteiger partial charge on any atom is -0.478 e. The van der Waals surface area contributed by atoms with Crippen LogP contribution in [0.25, 0.3) is 11.1 Å². The highest BCUT2D eigenvalue weighted by molar-refractivity contribution is 6.19. The van der Waals surface area contributed by atoms with Crippen LogP contribution in [-0.2, 0) is 16.0 Å². The number of hydrogen-bond donors (Lipinski definition) is 1. The van der Waals surface area contributed by atoms with Gasteiger partial charge in [-0.15, -0.1) is 0 Å². The van der Waals surface area contributed by atoms with Gasteiger partial charge in [0, 0.05) is 0 Å². The molecule has 38 heavy (non-hydrogen) atoms. The third kappa shape index (κ3) is 5.08. The molecule has 1 spiro atoms. The van der Waals surface area contributed by atoms with E-state index in [1.54, 1.807) is 5.01 Å². The van der Waals surface area contributed by atoms with E-state index in [1.807, 2.05) is 54.6 Å². The van der Waals surface area contributed by atoms with Crippen molar-refractivity contribution in [2.24, 2.45) is 10.5 Å². The third-order valence-corrected chi connectivity index (χ3v) is 7.72. The van der Waals surface area contributed by atoms with Gasteiger partial charge in [0.25, 0.3) is 5.91 Å². The number of amides is 1. The first-order chi connectivity index (χ1) is 18.3. The summed E-state index contributed by atoms with van der Waals surface area (Å²) >= 11 is 0. The number of hydrazone groups is 1. The Morgan fingerprint density at radius 1 is 0.947 bits per heavy atom. The molecule has 0 bridgehead atoms. The van der Waals surface area contributed by atoms with Crippen molar-refractivity contribution in [2.45, 2.75) is 64.4 Å². The topological polar surface area (TPSA) is 79.2 Å². The zero-order valence-corrected chi connectivity index (χ0v) is 22.0. The lowest BCUT2D eigenvalue weighted by atomic mass is 9.78. The van der Waals surface area contributed by atoms with Crippen molar-refractivity contribution in [1.82, 2.24) is 0 Å². The van der Waals surface area contributed by atoms with Crippen LogP contribution < -0.4 is 9.75 Å². The summed E-state index contributed by atoms with van der Waals surface area (Å²) < 4.78 is 5.61. The average molecular weight is 511 g/mol. The van der Waals surface area contributed by atoms with Crippen molar-refractivity contribution in [3.63, 3.8) is 0 Å². The number of carbonyl (C=O) groups is 2. The number of ether oxygens (including phenoxy) is 1. The van der Waals surface area contributed by atoms with Gasteiger partial charge in [0.2, 0.25) is 0 Å². The summed E-state index contributed by atoms with van der Waals surface area (Å²) in [6.45, 7) is 3.07. The third-order valence-electron chi connectivity index (χ3n) is 7.72. The van der Waals surface area contributed by atoms with Crippen molar-refractivity contribution in [3.8, 4) is 16.9 Å². The highest BCUT2D eigenvalue weighted by Gasteiger charge is 2.52. The maximum absolute atomic E-state index is 13.8. The Bertz CT molecular complexity index is 1340. The largest absolute Gasteiger partial charge is 0.478 e. The Morgan fingerprint density at radius 3 is 2.32 bits per heavy atom. The molecule has 2 aliphatic rings. The molecule has 0 radical (unpaired) electrons. The van der Waals surface area contributed by atoms with Gasteiger partial charge in [-0.05, 0) is 86.9 Å². The van der Waals surface area contributed by atoms with Crippen molar-refractivity contribution in [3.05, 3.63) is 84.4 Å². The number of nitrogens with zero attached hydrogens (tertiary/aromatic N) is 2. The Balaban J connectivity index is 1.29. The quantitative estimate of drug-likeness (QED) is 0.340. The van der Waals surface area contributed by atoms with E-state index < -0.39 is 17.0 Å². The van der Waals surface area contributed by atoms with Crippen LogP contribution >= 0.6 is 0 Å². The first kappa shape index (κ1) is 25.7. The van der Waals surface area contributed by atoms with Gasteiger partial charge in [-0.1, -0.05) is 67.4 Å². The average Bonchev–Trinajstić information content (AvgIpc) is 3.52. The van der Waals surface area contributed by atoms with Crippen LogP contribution in [0.1, 0.15) is 57.9 Å². The minimum atomic E-state index is -1.28. The summed E-state index contributed by atoms with van der Waals surface area (Å²) in [5.74, 6) is -0.363. The summed E-state index contributed by atoms with van der Waals surface area (Å²) in [5.41, 5.74) is 3.40. The van der Waals surface area contributed by atoms with Crippen molar-refractivity contribution < 1.29 is 19.4 Å². The molecule has 1 aliphatic heterocycles. The number of aryl methyl sites for hydroxylation is 1. The van der Waals surface area contributed by atoms with Crippen molar-refractivity contribution >= 4 is 23.3 Å². The first-order valence-electron chi connectivity index (χ1n) is 13.4. The molecular weight excluding hydrogens is 476 g/mol. The number of rotatable bonds is 9. The maximum Gasteiger partial charge on any atom is 0.347 e. The fraction of sp³-hybridized carbons (Fsp3) is 0.344. The molecule has 0 atom stereocenters. The normalized spacial score (nSPS) is 16.6. The molecule has 5 rings (SSSR count). The number of carboxylic acid groups (broad SMARTS) is 1. The minimum absolute atomic E-state index is 0.109. The summed E-state index contributed by atoms with van der Waals surface area (Å²) in [7, 11) is 0. The SMILES string of the molecule is CC(C)(Oc1ccc(CCCC2=NN(c3cccc(-c4ccccc4)c3)C(=O)C23CCCC3)cc1)C(=O)O. The Hall–Kier alpha value is -3.93. The van der Waals surface area contributed by atoms with Crippen LogP contribution in [0.2, 0.25) is 0 Å². The second-order valence-electron chi connectivity index (χ2n) is 10.8. The predicted molar refractivity (Wildman–Crippen MR) is 149 cm³/mol. The Morgan fingerprint density at radius 2 is 1.63 bits per heavy atom. The molecule has 6 nitrogen and oxygen atoms in total. The van der Waals surface area contributed by atoms with Crippen LogP contribution in [0.5, 0.6) is 5.75 Å². The van der Waals surface area contributed by atoms with Crippen molar-refractivity contribution in [1.29, 1.82) is 0 Å². The summed E-state index contributed by atoms with van der Waals surface area (Å²) in [4.78, 5) is 25.1. The molecule has 1 heterocycles. The van der Waals surface area contributed by atoms with E-state index in [0.29, 0.717) is 5.75 Å². The van der Waals surface area contributed by atoms with Crippen LogP contribution in [0.3, 0.4) is 0 Å². The highest BCUT2D eigenvalue weighted by atomic mass is 16.5. The molecule has 0 aromatic heterocycles. The molecule has 6 heteroatoms. The van der Waals surface area contributed by atoms with E-state index in [2.05, 4.69) is 24.3 Å². The van der Waals surface area contributed by atoms with Gasteiger partial charge in [-0.3, -0.25) is 4.79 Å². The monoisotopic (exact) mass is 510 g/mol. The summed E-state index contributed by atoms with van der Waals surface area (Å²) in [6, 6.07) is 25.8. The molecule has 1 amide bonds. The van der Waals surface area contributed by atoms with Crippen LogP contribution in [0.4, 0.5) is 5.69 Å². The van der Waals surface area contributed by atoms with Crippen molar-refractivity contribution in [2.75, 3.05) is 5.01 Å². The van der Waals surface area contributed by atoms with Gasteiger partial charge in [-0.2, -0.15) is 10.1 Å². The van der Waals surface area contributed by atoms with Gasteiger partial charge in [0.05, 0.1) is 16.8 Å². The fourth-order valence-electron chi connectivity index (χ4n) is 5.50. The van der Waals surface area contributed by atoms with Crippen LogP contribution in [0, 0.1) is 5.41 Å². The predicted octanol–water partition coefficient (Wildman–Crippen LogP) is 6.88. The van der Waals surface area contributed by atoms with E-state index in [-0.39, 0.29) is 5.91 Å². The lowest BCUT2D eigenvalue weighted by Crippen LogP contribution is -2.37. The smallest absolute Gasteiger partial charge is 0.347 e. The number of carbonyl (C=O) groups excluding carboxylic acids is 1. The van der Waals surface area contributed by atoms with Crippen LogP contribution in [-0.4, -0.2) is 28.3 Å². The number of hydrogen-bond acceptors (Lipinski definition) is 4. The van der Waals surface area contributed by atoms with Gasteiger partial charge in [0.15, 0.2) is 5.60 Å². The highest BCUT2D eigenvalue weighted by Crippen LogP contribution is 2.47. The molecule has 1 saturated carbocycles. The lowest BCUT2D eigenvalue weighted by Gasteiger charge is -2.24. The van der Waals surface area contributed by atoms with E-state index in [9.17, 15) is 14.7 Å². The van der Waals surface area contributed by atoms with Gasteiger partial charge >= 0.3 is 5.97 Å². The second-order valence-corrected chi connectivity index (χ2v) is 10.8. The second kappa shape index (κ2) is 10.4. The molecule has 1 fully saturated rings. The van der Waals surface area contributed by atoms with Gasteiger partial charge in [0.1, 0.15) is 5.75 Å². The summed E-state index contributed by atoms with van der Waals surface area (Å²) in [5, 5.41) is 15.9. The molecule has 3 aromatic carbocycles. The number of benzene rings is 3. The molecule has 3 aromatic rings. The molecule has 1 N–H and O–H groups in total. The molecule has 0 saturated heterocycles.